The van der Waals surface area contributed by atoms with Gasteiger partial charge in [0.2, 0.25) is 0 Å². The lowest BCUT2D eigenvalue weighted by atomic mass is 9.86. The monoisotopic (exact) mass is 646 g/mol. The van der Waals surface area contributed by atoms with E-state index in [-0.39, 0.29) is 11.8 Å². The Balaban J connectivity index is 0.981. The average molecular weight is 647 g/mol. The van der Waals surface area contributed by atoms with Crippen molar-refractivity contribution in [2.75, 3.05) is 0 Å². The van der Waals surface area contributed by atoms with Gasteiger partial charge in [-0.3, -0.25) is 0 Å². The minimum Gasteiger partial charge on any atom is -0.0622 e. The minimum atomic E-state index is 0.188. The molecule has 51 heavy (non-hydrogen) atoms. The molecule has 2 atom stereocenters. The molecule has 3 aliphatic carbocycles. The van der Waals surface area contributed by atoms with Crippen LogP contribution in [0.1, 0.15) is 56.3 Å². The Labute approximate surface area is 299 Å². The summed E-state index contributed by atoms with van der Waals surface area (Å²) in [5, 5.41) is 0. The van der Waals surface area contributed by atoms with Crippen LogP contribution in [0.2, 0.25) is 0 Å². The topological polar surface area (TPSA) is 0 Å². The Morgan fingerprint density at radius 3 is 1.37 bits per heavy atom. The quantitative estimate of drug-likeness (QED) is 0.178. The molecule has 11 rings (SSSR count). The molecule has 8 aromatic rings. The first-order valence-corrected chi connectivity index (χ1v) is 18.1. The molecule has 238 valence electrons. The highest BCUT2D eigenvalue weighted by atomic mass is 14.3. The SMILES string of the molecule is c1ccc(C2c3ccccc3-c3ccc(-c4ccc5c(c4)C(c4ccc(-c6ccc7c(c6)-c6ccccc6C7)cc4)c4ccccc4-5)cc32)cc1. The average Bonchev–Trinajstić information content (AvgIpc) is 3.85. The predicted molar refractivity (Wildman–Crippen MR) is 211 cm³/mol. The summed E-state index contributed by atoms with van der Waals surface area (Å²) >= 11 is 0. The third-order valence-electron chi connectivity index (χ3n) is 11.7. The molecule has 0 fully saturated rings. The molecule has 0 aromatic heterocycles. The first-order valence-electron chi connectivity index (χ1n) is 18.1. The van der Waals surface area contributed by atoms with Gasteiger partial charge in [-0.05, 0) is 125 Å². The maximum atomic E-state index is 2.47. The van der Waals surface area contributed by atoms with E-state index in [0.29, 0.717) is 0 Å². The van der Waals surface area contributed by atoms with Crippen molar-refractivity contribution in [3.8, 4) is 55.6 Å². The zero-order chi connectivity index (χ0) is 33.5. The van der Waals surface area contributed by atoms with Crippen LogP contribution in [0.4, 0.5) is 0 Å². The minimum absolute atomic E-state index is 0.188. The van der Waals surface area contributed by atoms with Crippen LogP contribution in [-0.2, 0) is 6.42 Å². The van der Waals surface area contributed by atoms with Crippen LogP contribution in [0.15, 0.2) is 182 Å². The zero-order valence-electron chi connectivity index (χ0n) is 28.2. The van der Waals surface area contributed by atoms with Crippen LogP contribution in [0, 0.1) is 0 Å². The second-order valence-corrected chi connectivity index (χ2v) is 14.4. The van der Waals surface area contributed by atoms with E-state index in [9.17, 15) is 0 Å². The van der Waals surface area contributed by atoms with Crippen molar-refractivity contribution in [3.63, 3.8) is 0 Å². The molecule has 0 saturated heterocycles. The van der Waals surface area contributed by atoms with Gasteiger partial charge in [0.05, 0.1) is 0 Å². The Bertz CT molecular complexity index is 2660. The van der Waals surface area contributed by atoms with Crippen LogP contribution in [0.3, 0.4) is 0 Å². The van der Waals surface area contributed by atoms with Crippen molar-refractivity contribution < 1.29 is 0 Å². The lowest BCUT2D eigenvalue weighted by Gasteiger charge is -2.17. The third kappa shape index (κ3) is 4.40. The van der Waals surface area contributed by atoms with Crippen LogP contribution in [0.5, 0.6) is 0 Å². The smallest absolute Gasteiger partial charge is 0.0352 e. The maximum Gasteiger partial charge on any atom is 0.0352 e. The maximum absolute atomic E-state index is 2.47. The highest BCUT2D eigenvalue weighted by Crippen LogP contribution is 2.51. The third-order valence-corrected chi connectivity index (χ3v) is 11.7. The van der Waals surface area contributed by atoms with Gasteiger partial charge in [0.15, 0.2) is 0 Å². The summed E-state index contributed by atoms with van der Waals surface area (Å²) in [5.41, 5.74) is 24.3. The fourth-order valence-electron chi connectivity index (χ4n) is 9.31. The van der Waals surface area contributed by atoms with Gasteiger partial charge in [-0.1, -0.05) is 164 Å². The molecule has 0 saturated carbocycles. The fourth-order valence-corrected chi connectivity index (χ4v) is 9.31. The number of hydrogen-bond acceptors (Lipinski definition) is 0. The summed E-state index contributed by atoms with van der Waals surface area (Å²) in [6.45, 7) is 0. The summed E-state index contributed by atoms with van der Waals surface area (Å²) in [4.78, 5) is 0. The zero-order valence-corrected chi connectivity index (χ0v) is 28.2. The van der Waals surface area contributed by atoms with E-state index in [2.05, 4.69) is 182 Å². The van der Waals surface area contributed by atoms with Crippen LogP contribution in [0.25, 0.3) is 55.6 Å². The molecule has 8 aromatic carbocycles. The number of benzene rings is 8. The van der Waals surface area contributed by atoms with Gasteiger partial charge in [0, 0.05) is 11.8 Å². The molecule has 0 amide bonds. The summed E-state index contributed by atoms with van der Waals surface area (Å²) in [6.07, 6.45) is 1.03. The second-order valence-electron chi connectivity index (χ2n) is 14.4. The second kappa shape index (κ2) is 11.1. The van der Waals surface area contributed by atoms with Gasteiger partial charge >= 0.3 is 0 Å². The van der Waals surface area contributed by atoms with Crippen molar-refractivity contribution in [1.82, 2.24) is 0 Å². The summed E-state index contributed by atoms with van der Waals surface area (Å²) < 4.78 is 0. The number of rotatable bonds is 4. The van der Waals surface area contributed by atoms with E-state index >= 15 is 0 Å². The first kappa shape index (κ1) is 28.6. The molecule has 0 nitrogen and oxygen atoms in total. The number of fused-ring (bicyclic) bond motifs is 9. The largest absolute Gasteiger partial charge is 0.0622 e. The van der Waals surface area contributed by atoms with Crippen molar-refractivity contribution in [2.45, 2.75) is 18.3 Å². The normalized spacial score (nSPS) is 15.8. The van der Waals surface area contributed by atoms with Gasteiger partial charge in [-0.2, -0.15) is 0 Å². The molecule has 0 spiro atoms. The summed E-state index contributed by atoms with van der Waals surface area (Å²) in [6, 6.07) is 68.4. The van der Waals surface area contributed by atoms with Gasteiger partial charge in [0.25, 0.3) is 0 Å². The van der Waals surface area contributed by atoms with Crippen LogP contribution < -0.4 is 0 Å². The van der Waals surface area contributed by atoms with E-state index in [0.717, 1.165) is 6.42 Å². The van der Waals surface area contributed by atoms with E-state index < -0.39 is 0 Å². The summed E-state index contributed by atoms with van der Waals surface area (Å²) in [5.74, 6) is 0.426. The molecular formula is C51H34. The standard InChI is InChI=1S/C51H34/c1-2-10-33(11-3-1)50-45-16-8-6-14-41(45)43-26-24-36(30-48(43)50)37-25-27-44-42-15-7-9-17-46(42)51(49(44)31-37)34-20-18-32(19-21-34)35-22-23-39-28-38-12-4-5-13-40(38)47(39)29-35/h1-27,29-31,50-51H,28H2. The van der Waals surface area contributed by atoms with Crippen molar-refractivity contribution in [1.29, 1.82) is 0 Å². The van der Waals surface area contributed by atoms with Crippen molar-refractivity contribution >= 4 is 0 Å². The van der Waals surface area contributed by atoms with Gasteiger partial charge in [0.1, 0.15) is 0 Å². The van der Waals surface area contributed by atoms with Gasteiger partial charge in [-0.25, -0.2) is 0 Å². The Kier molecular flexibility index (Phi) is 6.24. The fraction of sp³-hybridized carbons (Fsp3) is 0.0588. The molecule has 0 radical (unpaired) electrons. The molecular weight excluding hydrogens is 613 g/mol. The predicted octanol–water partition coefficient (Wildman–Crippen LogP) is 12.9. The highest BCUT2D eigenvalue weighted by Gasteiger charge is 2.32. The molecule has 0 aliphatic heterocycles. The van der Waals surface area contributed by atoms with E-state index in [1.54, 1.807) is 0 Å². The lowest BCUT2D eigenvalue weighted by molar-refractivity contribution is 1.01. The molecule has 0 N–H and O–H groups in total. The van der Waals surface area contributed by atoms with Crippen LogP contribution >= 0.6 is 0 Å². The van der Waals surface area contributed by atoms with Crippen molar-refractivity contribution in [3.05, 3.63) is 226 Å². The Morgan fingerprint density at radius 1 is 0.275 bits per heavy atom. The molecule has 2 unspecified atom stereocenters. The van der Waals surface area contributed by atoms with Gasteiger partial charge < -0.3 is 0 Å². The summed E-state index contributed by atoms with van der Waals surface area (Å²) in [7, 11) is 0. The highest BCUT2D eigenvalue weighted by molar-refractivity contribution is 5.87. The lowest BCUT2D eigenvalue weighted by Crippen LogP contribution is -2.00. The van der Waals surface area contributed by atoms with E-state index in [4.69, 9.17) is 0 Å². The van der Waals surface area contributed by atoms with Crippen molar-refractivity contribution in [2.24, 2.45) is 0 Å². The van der Waals surface area contributed by atoms with E-state index in [1.165, 1.54) is 100 Å². The Hall–Kier alpha value is -6.24. The van der Waals surface area contributed by atoms with Gasteiger partial charge in [-0.15, -0.1) is 0 Å². The molecule has 0 heterocycles. The van der Waals surface area contributed by atoms with E-state index in [1.807, 2.05) is 0 Å². The Morgan fingerprint density at radius 2 is 0.725 bits per heavy atom. The number of hydrogen-bond donors (Lipinski definition) is 0. The molecule has 3 aliphatic rings. The molecule has 0 bridgehead atoms. The molecule has 0 heteroatoms. The van der Waals surface area contributed by atoms with Crippen LogP contribution in [-0.4, -0.2) is 0 Å². The first-order chi connectivity index (χ1) is 25.3.